The van der Waals surface area contributed by atoms with Gasteiger partial charge in [-0.15, -0.1) is 0 Å². The summed E-state index contributed by atoms with van der Waals surface area (Å²) in [6.07, 6.45) is 4.39. The van der Waals surface area contributed by atoms with Crippen LogP contribution < -0.4 is 5.32 Å². The summed E-state index contributed by atoms with van der Waals surface area (Å²) in [5, 5.41) is 10.6. The molecule has 1 aromatic rings. The van der Waals surface area contributed by atoms with Gasteiger partial charge in [0.15, 0.2) is 0 Å². The third-order valence-electron chi connectivity index (χ3n) is 4.04. The van der Waals surface area contributed by atoms with Gasteiger partial charge in [0, 0.05) is 30.9 Å². The van der Waals surface area contributed by atoms with Crippen LogP contribution in [0.5, 0.6) is 0 Å². The molecule has 0 aromatic carbocycles. The van der Waals surface area contributed by atoms with E-state index in [0.717, 1.165) is 31.6 Å². The topological polar surface area (TPSA) is 61.0 Å². The molecule has 3 rings (SSSR count). The average molecular weight is 248 g/mol. The number of likely N-dealkylation sites (tertiary alicyclic amines) is 1. The first-order valence-electron chi connectivity index (χ1n) is 6.86. The lowest BCUT2D eigenvalue weighted by Crippen LogP contribution is -2.39. The van der Waals surface area contributed by atoms with Crippen molar-refractivity contribution in [3.05, 3.63) is 17.5 Å². The molecule has 1 aromatic heterocycles. The molecule has 18 heavy (non-hydrogen) atoms. The minimum absolute atomic E-state index is 0.0697. The summed E-state index contributed by atoms with van der Waals surface area (Å²) in [6.45, 7) is 3.72. The highest BCUT2D eigenvalue weighted by molar-refractivity contribution is 5.92. The largest absolute Gasteiger partial charge is 0.336 e. The minimum Gasteiger partial charge on any atom is -0.336 e. The number of amides is 1. The molecule has 2 bridgehead atoms. The number of aromatic nitrogens is 2. The van der Waals surface area contributed by atoms with Crippen molar-refractivity contribution in [3.63, 3.8) is 0 Å². The molecule has 0 aliphatic carbocycles. The quantitative estimate of drug-likeness (QED) is 0.819. The number of rotatable bonds is 2. The lowest BCUT2D eigenvalue weighted by molar-refractivity contribution is 0.0742. The van der Waals surface area contributed by atoms with Gasteiger partial charge in [-0.1, -0.05) is 6.92 Å². The molecule has 5 heteroatoms. The first-order chi connectivity index (χ1) is 8.76. The van der Waals surface area contributed by atoms with E-state index >= 15 is 0 Å². The molecule has 2 aliphatic rings. The zero-order chi connectivity index (χ0) is 12.5. The van der Waals surface area contributed by atoms with Gasteiger partial charge in [-0.3, -0.25) is 9.89 Å². The number of hydrogen-bond acceptors (Lipinski definition) is 3. The summed E-state index contributed by atoms with van der Waals surface area (Å²) in [6, 6.07) is 2.96. The van der Waals surface area contributed by atoms with Crippen molar-refractivity contribution in [2.24, 2.45) is 0 Å². The van der Waals surface area contributed by atoms with E-state index in [1.165, 1.54) is 12.8 Å². The highest BCUT2D eigenvalue weighted by atomic mass is 16.2. The highest BCUT2D eigenvalue weighted by Crippen LogP contribution is 2.21. The molecule has 5 nitrogen and oxygen atoms in total. The average Bonchev–Trinajstić information content (AvgIpc) is 2.95. The molecule has 0 spiro atoms. The molecule has 2 saturated heterocycles. The van der Waals surface area contributed by atoms with Crippen LogP contribution in [0.1, 0.15) is 42.4 Å². The van der Waals surface area contributed by atoms with Crippen molar-refractivity contribution in [3.8, 4) is 0 Å². The van der Waals surface area contributed by atoms with Crippen molar-refractivity contribution in [1.29, 1.82) is 0 Å². The molecule has 0 saturated carbocycles. The van der Waals surface area contributed by atoms with Crippen molar-refractivity contribution >= 4 is 5.91 Å². The summed E-state index contributed by atoms with van der Waals surface area (Å²) in [4.78, 5) is 14.3. The number of nitrogens with zero attached hydrogens (tertiary/aromatic N) is 2. The number of carbonyl (C=O) groups is 1. The lowest BCUT2D eigenvalue weighted by atomic mass is 10.1. The predicted octanol–water partition coefficient (Wildman–Crippen LogP) is 0.939. The molecular weight excluding hydrogens is 228 g/mol. The Morgan fingerprint density at radius 3 is 3.06 bits per heavy atom. The summed E-state index contributed by atoms with van der Waals surface area (Å²) >= 11 is 0. The fourth-order valence-electron chi connectivity index (χ4n) is 2.94. The van der Waals surface area contributed by atoms with E-state index in [0.29, 0.717) is 17.8 Å². The number of H-pyrrole nitrogens is 1. The van der Waals surface area contributed by atoms with Gasteiger partial charge in [0.2, 0.25) is 0 Å². The van der Waals surface area contributed by atoms with Crippen molar-refractivity contribution < 1.29 is 4.79 Å². The first-order valence-corrected chi connectivity index (χ1v) is 6.86. The van der Waals surface area contributed by atoms with Gasteiger partial charge >= 0.3 is 0 Å². The third-order valence-corrected chi connectivity index (χ3v) is 4.04. The first kappa shape index (κ1) is 11.7. The monoisotopic (exact) mass is 248 g/mol. The number of fused-ring (bicyclic) bond motifs is 2. The molecule has 98 valence electrons. The minimum atomic E-state index is 0.0697. The summed E-state index contributed by atoms with van der Waals surface area (Å²) in [5.41, 5.74) is 1.58. The van der Waals surface area contributed by atoms with Gasteiger partial charge in [-0.2, -0.15) is 5.10 Å². The summed E-state index contributed by atoms with van der Waals surface area (Å²) in [7, 11) is 0. The third kappa shape index (κ3) is 2.14. The van der Waals surface area contributed by atoms with E-state index < -0.39 is 0 Å². The fourth-order valence-corrected chi connectivity index (χ4v) is 2.94. The smallest absolute Gasteiger partial charge is 0.274 e. The molecule has 2 N–H and O–H groups in total. The molecular formula is C13H20N4O. The molecule has 2 unspecified atom stereocenters. The molecule has 3 heterocycles. The maximum Gasteiger partial charge on any atom is 0.274 e. The van der Waals surface area contributed by atoms with Crippen molar-refractivity contribution in [2.75, 3.05) is 13.1 Å². The van der Waals surface area contributed by atoms with Crippen molar-refractivity contribution in [1.82, 2.24) is 20.4 Å². The number of hydrogen-bond donors (Lipinski definition) is 2. The molecule has 0 radical (unpaired) electrons. The van der Waals surface area contributed by atoms with E-state index in [-0.39, 0.29) is 5.91 Å². The van der Waals surface area contributed by atoms with E-state index in [9.17, 15) is 4.79 Å². The van der Waals surface area contributed by atoms with E-state index in [1.54, 1.807) is 0 Å². The van der Waals surface area contributed by atoms with Crippen LogP contribution in [0.2, 0.25) is 0 Å². The second kappa shape index (κ2) is 4.72. The Morgan fingerprint density at radius 2 is 2.28 bits per heavy atom. The Balaban J connectivity index is 1.72. The van der Waals surface area contributed by atoms with Gasteiger partial charge in [-0.25, -0.2) is 0 Å². The Labute approximate surface area is 107 Å². The van der Waals surface area contributed by atoms with E-state index in [2.05, 4.69) is 22.4 Å². The number of carbonyl (C=O) groups excluding carboxylic acids is 1. The maximum absolute atomic E-state index is 12.4. The Kier molecular flexibility index (Phi) is 3.07. The molecule has 1 amide bonds. The number of aromatic amines is 1. The van der Waals surface area contributed by atoms with Crippen LogP contribution in [-0.2, 0) is 6.42 Å². The van der Waals surface area contributed by atoms with Gasteiger partial charge in [0.25, 0.3) is 5.91 Å². The standard InChI is InChI=1S/C13H20N4O/c1-2-9-7-12(16-15-9)13(18)17-6-5-10-3-4-11(8-17)14-10/h7,10-11,14H,2-6,8H2,1H3,(H,15,16). The van der Waals surface area contributed by atoms with Gasteiger partial charge in [-0.05, 0) is 31.7 Å². The fraction of sp³-hybridized carbons (Fsp3) is 0.692. The molecule has 2 aliphatic heterocycles. The Bertz CT molecular complexity index is 442. The Morgan fingerprint density at radius 1 is 1.44 bits per heavy atom. The van der Waals surface area contributed by atoms with E-state index in [1.807, 2.05) is 11.0 Å². The summed E-state index contributed by atoms with van der Waals surface area (Å²) < 4.78 is 0. The van der Waals surface area contributed by atoms with Crippen LogP contribution in [-0.4, -0.2) is 46.2 Å². The van der Waals surface area contributed by atoms with Crippen LogP contribution in [0.4, 0.5) is 0 Å². The van der Waals surface area contributed by atoms with Crippen LogP contribution in [0.3, 0.4) is 0 Å². The van der Waals surface area contributed by atoms with E-state index in [4.69, 9.17) is 0 Å². The predicted molar refractivity (Wildman–Crippen MR) is 68.4 cm³/mol. The number of aryl methyl sites for hydroxylation is 1. The Hall–Kier alpha value is -1.36. The zero-order valence-corrected chi connectivity index (χ0v) is 10.8. The highest BCUT2D eigenvalue weighted by Gasteiger charge is 2.31. The lowest BCUT2D eigenvalue weighted by Gasteiger charge is -2.23. The summed E-state index contributed by atoms with van der Waals surface area (Å²) in [5.74, 6) is 0.0697. The molecule has 2 fully saturated rings. The second-order valence-electron chi connectivity index (χ2n) is 5.31. The number of nitrogens with one attached hydrogen (secondary N) is 2. The maximum atomic E-state index is 12.4. The van der Waals surface area contributed by atoms with Crippen LogP contribution in [0, 0.1) is 0 Å². The van der Waals surface area contributed by atoms with Crippen LogP contribution in [0.15, 0.2) is 6.07 Å². The molecule has 2 atom stereocenters. The van der Waals surface area contributed by atoms with Crippen molar-refractivity contribution in [2.45, 2.75) is 44.7 Å². The normalized spacial score (nSPS) is 27.3. The zero-order valence-electron chi connectivity index (χ0n) is 10.8. The SMILES string of the molecule is CCc1cc(C(=O)N2CCC3CCC(C2)N3)n[nH]1. The van der Waals surface area contributed by atoms with Crippen LogP contribution in [0.25, 0.3) is 0 Å². The van der Waals surface area contributed by atoms with Gasteiger partial charge in [0.05, 0.1) is 0 Å². The van der Waals surface area contributed by atoms with Gasteiger partial charge in [0.1, 0.15) is 5.69 Å². The van der Waals surface area contributed by atoms with Gasteiger partial charge < -0.3 is 10.2 Å². The second-order valence-corrected chi connectivity index (χ2v) is 5.31. The van der Waals surface area contributed by atoms with Crippen LogP contribution >= 0.6 is 0 Å².